The predicted molar refractivity (Wildman–Crippen MR) is 49.9 cm³/mol. The van der Waals surface area contributed by atoms with Gasteiger partial charge in [-0.1, -0.05) is 0 Å². The molecule has 0 saturated carbocycles. The zero-order chi connectivity index (χ0) is 10.8. The van der Waals surface area contributed by atoms with Gasteiger partial charge in [0.2, 0.25) is 0 Å². The minimum Gasteiger partial charge on any atom is -0.480 e. The van der Waals surface area contributed by atoms with Crippen LogP contribution in [0.25, 0.3) is 0 Å². The summed E-state index contributed by atoms with van der Waals surface area (Å²) in [6, 6.07) is -0.603. The largest absolute Gasteiger partial charge is 0.480 e. The van der Waals surface area contributed by atoms with Crippen LogP contribution in [0.15, 0.2) is 0 Å². The van der Waals surface area contributed by atoms with Crippen LogP contribution in [0.1, 0.15) is 19.8 Å². The highest BCUT2D eigenvalue weighted by Gasteiger charge is 2.35. The molecule has 3 N–H and O–H groups in total. The number of hydrogen-bond acceptors (Lipinski definition) is 4. The molecule has 0 radical (unpaired) electrons. The van der Waals surface area contributed by atoms with E-state index in [1.165, 1.54) is 0 Å². The number of hydrogen-bond donors (Lipinski definition) is 3. The SMILES string of the molecule is CC(C(=O)O)N1CCCC(O)(CO)C1. The van der Waals surface area contributed by atoms with Gasteiger partial charge in [-0.2, -0.15) is 0 Å². The Morgan fingerprint density at radius 3 is 2.79 bits per heavy atom. The average Bonchev–Trinajstić information content (AvgIpc) is 2.16. The van der Waals surface area contributed by atoms with Crippen LogP contribution < -0.4 is 0 Å². The number of carboxylic acids is 1. The molecule has 2 unspecified atom stereocenters. The number of aliphatic hydroxyl groups excluding tert-OH is 1. The van der Waals surface area contributed by atoms with Gasteiger partial charge in [-0.3, -0.25) is 9.69 Å². The van der Waals surface area contributed by atoms with Crippen LogP contribution in [-0.4, -0.2) is 57.5 Å². The fraction of sp³-hybridized carbons (Fsp3) is 0.889. The number of rotatable bonds is 3. The summed E-state index contributed by atoms with van der Waals surface area (Å²) >= 11 is 0. The second-order valence-electron chi connectivity index (χ2n) is 3.97. The molecule has 5 heteroatoms. The van der Waals surface area contributed by atoms with Crippen molar-refractivity contribution in [2.75, 3.05) is 19.7 Å². The Bertz CT molecular complexity index is 221. The van der Waals surface area contributed by atoms with E-state index in [-0.39, 0.29) is 13.2 Å². The van der Waals surface area contributed by atoms with Gasteiger partial charge >= 0.3 is 5.97 Å². The van der Waals surface area contributed by atoms with Gasteiger partial charge in [-0.25, -0.2) is 0 Å². The van der Waals surface area contributed by atoms with Crippen molar-refractivity contribution in [2.24, 2.45) is 0 Å². The van der Waals surface area contributed by atoms with Crippen molar-refractivity contribution in [3.8, 4) is 0 Å². The molecule has 0 aromatic heterocycles. The maximum Gasteiger partial charge on any atom is 0.320 e. The van der Waals surface area contributed by atoms with Crippen molar-refractivity contribution in [1.82, 2.24) is 4.90 Å². The van der Waals surface area contributed by atoms with E-state index < -0.39 is 17.6 Å². The van der Waals surface area contributed by atoms with Crippen molar-refractivity contribution >= 4 is 5.97 Å². The Kier molecular flexibility index (Phi) is 3.47. The summed E-state index contributed by atoms with van der Waals surface area (Å²) in [4.78, 5) is 12.4. The van der Waals surface area contributed by atoms with E-state index in [2.05, 4.69) is 0 Å². The van der Waals surface area contributed by atoms with E-state index in [9.17, 15) is 9.90 Å². The highest BCUT2D eigenvalue weighted by atomic mass is 16.4. The van der Waals surface area contributed by atoms with Crippen LogP contribution in [0.2, 0.25) is 0 Å². The summed E-state index contributed by atoms with van der Waals surface area (Å²) in [5.74, 6) is -0.896. The fourth-order valence-corrected chi connectivity index (χ4v) is 1.76. The van der Waals surface area contributed by atoms with Crippen LogP contribution in [0.3, 0.4) is 0 Å². The van der Waals surface area contributed by atoms with Gasteiger partial charge in [-0.15, -0.1) is 0 Å². The quantitative estimate of drug-likeness (QED) is 0.564. The Hall–Kier alpha value is -0.650. The molecule has 0 aromatic rings. The maximum absolute atomic E-state index is 10.7. The summed E-state index contributed by atoms with van der Waals surface area (Å²) in [6.45, 7) is 2.17. The van der Waals surface area contributed by atoms with Crippen molar-refractivity contribution in [3.63, 3.8) is 0 Å². The van der Waals surface area contributed by atoms with Crippen LogP contribution in [0, 0.1) is 0 Å². The molecule has 0 amide bonds. The first-order valence-corrected chi connectivity index (χ1v) is 4.78. The van der Waals surface area contributed by atoms with Crippen LogP contribution in [0.5, 0.6) is 0 Å². The lowest BCUT2D eigenvalue weighted by Crippen LogP contribution is -2.54. The Labute approximate surface area is 83.0 Å². The fourth-order valence-electron chi connectivity index (χ4n) is 1.76. The summed E-state index contributed by atoms with van der Waals surface area (Å²) in [7, 11) is 0. The van der Waals surface area contributed by atoms with E-state index in [0.717, 1.165) is 0 Å². The van der Waals surface area contributed by atoms with Gasteiger partial charge in [0.25, 0.3) is 0 Å². The minimum atomic E-state index is -1.12. The molecule has 5 nitrogen and oxygen atoms in total. The summed E-state index contributed by atoms with van der Waals surface area (Å²) in [5.41, 5.74) is -1.12. The standard InChI is InChI=1S/C9H17NO4/c1-7(8(12)13)10-4-2-3-9(14,5-10)6-11/h7,11,14H,2-6H2,1H3,(H,12,13). The van der Waals surface area contributed by atoms with Gasteiger partial charge in [0.1, 0.15) is 11.6 Å². The topological polar surface area (TPSA) is 81.0 Å². The zero-order valence-electron chi connectivity index (χ0n) is 8.31. The first-order valence-electron chi connectivity index (χ1n) is 4.78. The van der Waals surface area contributed by atoms with E-state index in [0.29, 0.717) is 19.4 Å². The van der Waals surface area contributed by atoms with E-state index in [1.54, 1.807) is 11.8 Å². The summed E-state index contributed by atoms with van der Waals surface area (Å²) in [5, 5.41) is 27.6. The predicted octanol–water partition coefficient (Wildman–Crippen LogP) is -0.721. The second-order valence-corrected chi connectivity index (χ2v) is 3.97. The molecule has 1 heterocycles. The molecule has 1 fully saturated rings. The molecular weight excluding hydrogens is 186 g/mol. The highest BCUT2D eigenvalue weighted by molar-refractivity contribution is 5.72. The van der Waals surface area contributed by atoms with E-state index in [4.69, 9.17) is 10.2 Å². The monoisotopic (exact) mass is 203 g/mol. The molecular formula is C9H17NO4. The average molecular weight is 203 g/mol. The first-order chi connectivity index (χ1) is 6.48. The smallest absolute Gasteiger partial charge is 0.320 e. The molecule has 0 aliphatic carbocycles. The molecule has 1 rings (SSSR count). The number of aliphatic carboxylic acids is 1. The van der Waals surface area contributed by atoms with Crippen LogP contribution in [0.4, 0.5) is 0 Å². The Balaban J connectivity index is 2.60. The molecule has 0 aromatic carbocycles. The molecule has 14 heavy (non-hydrogen) atoms. The van der Waals surface area contributed by atoms with E-state index >= 15 is 0 Å². The van der Waals surface area contributed by atoms with Crippen molar-refractivity contribution in [3.05, 3.63) is 0 Å². The molecule has 0 bridgehead atoms. The number of β-amino-alcohol motifs (C(OH)–C–C–N with tert-alkyl or cyclic N) is 1. The number of piperidine rings is 1. The number of likely N-dealkylation sites (tertiary alicyclic amines) is 1. The van der Waals surface area contributed by atoms with Gasteiger partial charge in [0.05, 0.1) is 6.61 Å². The van der Waals surface area contributed by atoms with Crippen LogP contribution in [-0.2, 0) is 4.79 Å². The number of aliphatic hydroxyl groups is 2. The van der Waals surface area contributed by atoms with Crippen LogP contribution >= 0.6 is 0 Å². The Morgan fingerprint density at radius 1 is 1.64 bits per heavy atom. The highest BCUT2D eigenvalue weighted by Crippen LogP contribution is 2.22. The third kappa shape index (κ3) is 2.43. The zero-order valence-corrected chi connectivity index (χ0v) is 8.31. The lowest BCUT2D eigenvalue weighted by atomic mass is 9.93. The molecule has 1 aliphatic heterocycles. The van der Waals surface area contributed by atoms with Crippen molar-refractivity contribution < 1.29 is 20.1 Å². The first kappa shape index (κ1) is 11.4. The summed E-state index contributed by atoms with van der Waals surface area (Å²) < 4.78 is 0. The number of carbonyl (C=O) groups is 1. The molecule has 2 atom stereocenters. The van der Waals surface area contributed by atoms with Gasteiger partial charge < -0.3 is 15.3 Å². The summed E-state index contributed by atoms with van der Waals surface area (Å²) in [6.07, 6.45) is 1.25. The van der Waals surface area contributed by atoms with Crippen molar-refractivity contribution in [2.45, 2.75) is 31.4 Å². The van der Waals surface area contributed by atoms with E-state index in [1.807, 2.05) is 0 Å². The second kappa shape index (κ2) is 4.25. The Morgan fingerprint density at radius 2 is 2.29 bits per heavy atom. The van der Waals surface area contributed by atoms with Gasteiger partial charge in [0, 0.05) is 6.54 Å². The van der Waals surface area contributed by atoms with Gasteiger partial charge in [0.15, 0.2) is 0 Å². The normalized spacial score (nSPS) is 31.4. The molecule has 1 aliphatic rings. The maximum atomic E-state index is 10.7. The van der Waals surface area contributed by atoms with Gasteiger partial charge in [-0.05, 0) is 26.3 Å². The lowest BCUT2D eigenvalue weighted by molar-refractivity contribution is -0.146. The lowest BCUT2D eigenvalue weighted by Gasteiger charge is -2.39. The molecule has 1 saturated heterocycles. The number of nitrogens with zero attached hydrogens (tertiary/aromatic N) is 1. The third-order valence-electron chi connectivity index (χ3n) is 2.78. The minimum absolute atomic E-state index is 0.233. The molecule has 82 valence electrons. The number of carboxylic acid groups (broad SMARTS) is 1. The molecule has 0 spiro atoms. The van der Waals surface area contributed by atoms with Crippen molar-refractivity contribution in [1.29, 1.82) is 0 Å². The third-order valence-corrected chi connectivity index (χ3v) is 2.78.